The molecule has 1 aromatic carbocycles. The molecule has 0 radical (unpaired) electrons. The summed E-state index contributed by atoms with van der Waals surface area (Å²) in [6.07, 6.45) is 0.903. The zero-order valence-corrected chi connectivity index (χ0v) is 12.8. The molecule has 0 fully saturated rings. The maximum Gasteiger partial charge on any atom is 0.340 e. The number of sulfonamides is 1. The summed E-state index contributed by atoms with van der Waals surface area (Å²) in [5, 5.41) is 14.4. The Morgan fingerprint density at radius 3 is 2.62 bits per heavy atom. The molecule has 3 N–H and O–H groups in total. The summed E-state index contributed by atoms with van der Waals surface area (Å²) in [6.45, 7) is 1.71. The highest BCUT2D eigenvalue weighted by Crippen LogP contribution is 2.30. The lowest BCUT2D eigenvalue weighted by Crippen LogP contribution is -2.17. The van der Waals surface area contributed by atoms with Crippen molar-refractivity contribution in [2.45, 2.75) is 11.9 Å². The standard InChI is InChI=1S/C11H9Cl2N3O4S/c1-5-2-8(13)9(3-7(5)12)16-21(19,20)10-6(11(17)18)4-14-15-10/h2-4,16H,1H3,(H,14,15)(H,17,18). The summed E-state index contributed by atoms with van der Waals surface area (Å²) in [4.78, 5) is 10.9. The van der Waals surface area contributed by atoms with Gasteiger partial charge in [0.15, 0.2) is 5.03 Å². The smallest absolute Gasteiger partial charge is 0.340 e. The summed E-state index contributed by atoms with van der Waals surface area (Å²) in [6, 6.07) is 2.83. The Morgan fingerprint density at radius 1 is 1.33 bits per heavy atom. The molecule has 1 aromatic heterocycles. The molecule has 0 aliphatic heterocycles. The van der Waals surface area contributed by atoms with E-state index in [-0.39, 0.29) is 10.7 Å². The van der Waals surface area contributed by atoms with Crippen LogP contribution in [0.15, 0.2) is 23.4 Å². The van der Waals surface area contributed by atoms with Crippen molar-refractivity contribution >= 4 is 44.9 Å². The van der Waals surface area contributed by atoms with Crippen molar-refractivity contribution in [1.29, 1.82) is 0 Å². The van der Waals surface area contributed by atoms with E-state index in [0.717, 1.165) is 6.20 Å². The van der Waals surface area contributed by atoms with Crippen molar-refractivity contribution in [3.63, 3.8) is 0 Å². The Balaban J connectivity index is 2.45. The number of halogens is 2. The minimum Gasteiger partial charge on any atom is -0.478 e. The molecular weight excluding hydrogens is 341 g/mol. The van der Waals surface area contributed by atoms with E-state index in [1.165, 1.54) is 12.1 Å². The Morgan fingerprint density at radius 2 is 2.00 bits per heavy atom. The fraction of sp³-hybridized carbons (Fsp3) is 0.0909. The predicted molar refractivity (Wildman–Crippen MR) is 77.6 cm³/mol. The van der Waals surface area contributed by atoms with Crippen LogP contribution in [-0.2, 0) is 10.0 Å². The highest BCUT2D eigenvalue weighted by Gasteiger charge is 2.25. The van der Waals surface area contributed by atoms with E-state index in [1.54, 1.807) is 6.92 Å². The number of aromatic carboxylic acids is 1. The first-order valence-corrected chi connectivity index (χ1v) is 7.71. The highest BCUT2D eigenvalue weighted by molar-refractivity contribution is 7.92. The lowest BCUT2D eigenvalue weighted by atomic mass is 10.2. The number of rotatable bonds is 4. The van der Waals surface area contributed by atoms with Gasteiger partial charge in [-0.2, -0.15) is 13.5 Å². The monoisotopic (exact) mass is 349 g/mol. The number of nitrogens with one attached hydrogen (secondary N) is 2. The number of carbonyl (C=O) groups is 1. The number of nitrogens with zero attached hydrogens (tertiary/aromatic N) is 1. The molecule has 0 saturated carbocycles. The molecule has 2 rings (SSSR count). The van der Waals surface area contributed by atoms with Crippen molar-refractivity contribution in [2.75, 3.05) is 4.72 Å². The molecular formula is C11H9Cl2N3O4S. The third-order valence-corrected chi connectivity index (χ3v) is 4.65. The number of carboxylic acid groups (broad SMARTS) is 1. The molecule has 0 amide bonds. The summed E-state index contributed by atoms with van der Waals surface area (Å²) in [7, 11) is -4.19. The highest BCUT2D eigenvalue weighted by atomic mass is 35.5. The van der Waals surface area contributed by atoms with Gasteiger partial charge < -0.3 is 5.11 Å². The van der Waals surface area contributed by atoms with Crippen molar-refractivity contribution in [3.8, 4) is 0 Å². The van der Waals surface area contributed by atoms with Gasteiger partial charge in [-0.25, -0.2) is 4.79 Å². The molecule has 0 unspecified atom stereocenters. The van der Waals surface area contributed by atoms with Gasteiger partial charge in [-0.15, -0.1) is 0 Å². The second-order valence-electron chi connectivity index (χ2n) is 4.10. The molecule has 1 heterocycles. The molecule has 10 heteroatoms. The number of H-pyrrole nitrogens is 1. The van der Waals surface area contributed by atoms with Crippen LogP contribution >= 0.6 is 23.2 Å². The lowest BCUT2D eigenvalue weighted by molar-refractivity contribution is 0.0692. The molecule has 0 saturated heterocycles. The maximum absolute atomic E-state index is 12.2. The number of carboxylic acids is 1. The van der Waals surface area contributed by atoms with E-state index < -0.39 is 26.6 Å². The SMILES string of the molecule is Cc1cc(Cl)c(NS(=O)(=O)c2[nH]ncc2C(=O)O)cc1Cl. The average Bonchev–Trinajstić information content (AvgIpc) is 2.85. The van der Waals surface area contributed by atoms with Crippen LogP contribution in [0.25, 0.3) is 0 Å². The molecule has 0 aliphatic rings. The molecule has 0 aliphatic carbocycles. The van der Waals surface area contributed by atoms with Crippen LogP contribution in [0.3, 0.4) is 0 Å². The number of aromatic amines is 1. The molecule has 112 valence electrons. The van der Waals surface area contributed by atoms with Gasteiger partial charge in [0.25, 0.3) is 10.0 Å². The third kappa shape index (κ3) is 3.12. The molecule has 2 aromatic rings. The Bertz CT molecular complexity index is 817. The van der Waals surface area contributed by atoms with E-state index in [2.05, 4.69) is 14.9 Å². The van der Waals surface area contributed by atoms with Crippen LogP contribution in [-0.4, -0.2) is 29.7 Å². The minimum absolute atomic E-state index is 0.0400. The van der Waals surface area contributed by atoms with Crippen LogP contribution in [0.1, 0.15) is 15.9 Å². The Hall–Kier alpha value is -1.77. The normalized spacial score (nSPS) is 11.4. The summed E-state index contributed by atoms with van der Waals surface area (Å²) in [5.41, 5.74) is 0.243. The van der Waals surface area contributed by atoms with Crippen LogP contribution in [0.2, 0.25) is 10.0 Å². The van der Waals surface area contributed by atoms with E-state index in [4.69, 9.17) is 28.3 Å². The molecule has 0 atom stereocenters. The van der Waals surface area contributed by atoms with Gasteiger partial charge in [-0.05, 0) is 24.6 Å². The van der Waals surface area contributed by atoms with Crippen molar-refractivity contribution in [1.82, 2.24) is 10.2 Å². The molecule has 7 nitrogen and oxygen atoms in total. The molecule has 0 bridgehead atoms. The lowest BCUT2D eigenvalue weighted by Gasteiger charge is -2.10. The Kier molecular flexibility index (Phi) is 4.13. The number of hydrogen-bond donors (Lipinski definition) is 3. The molecule has 21 heavy (non-hydrogen) atoms. The minimum atomic E-state index is -4.19. The number of benzene rings is 1. The second kappa shape index (κ2) is 5.55. The van der Waals surface area contributed by atoms with Crippen LogP contribution in [0.5, 0.6) is 0 Å². The van der Waals surface area contributed by atoms with Crippen LogP contribution in [0, 0.1) is 6.92 Å². The largest absolute Gasteiger partial charge is 0.478 e. The zero-order chi connectivity index (χ0) is 15.8. The maximum atomic E-state index is 12.2. The van der Waals surface area contributed by atoms with Crippen LogP contribution in [0.4, 0.5) is 5.69 Å². The first-order chi connectivity index (χ1) is 9.72. The summed E-state index contributed by atoms with van der Waals surface area (Å²) in [5.74, 6) is -1.42. The number of aromatic nitrogens is 2. The van der Waals surface area contributed by atoms with E-state index in [1.807, 2.05) is 0 Å². The van der Waals surface area contributed by atoms with Gasteiger partial charge >= 0.3 is 5.97 Å². The van der Waals surface area contributed by atoms with Gasteiger partial charge in [-0.3, -0.25) is 9.82 Å². The fourth-order valence-corrected chi connectivity index (χ4v) is 3.20. The average molecular weight is 350 g/mol. The van der Waals surface area contributed by atoms with Gasteiger partial charge in [0.1, 0.15) is 5.56 Å². The summed E-state index contributed by atoms with van der Waals surface area (Å²) < 4.78 is 26.6. The number of aryl methyl sites for hydroxylation is 1. The topological polar surface area (TPSA) is 112 Å². The fourth-order valence-electron chi connectivity index (χ4n) is 1.55. The van der Waals surface area contributed by atoms with Gasteiger partial charge in [-0.1, -0.05) is 23.2 Å². The van der Waals surface area contributed by atoms with E-state index in [9.17, 15) is 13.2 Å². The van der Waals surface area contributed by atoms with E-state index in [0.29, 0.717) is 10.6 Å². The summed E-state index contributed by atoms with van der Waals surface area (Å²) >= 11 is 11.9. The first-order valence-electron chi connectivity index (χ1n) is 5.47. The van der Waals surface area contributed by atoms with Gasteiger partial charge in [0.05, 0.1) is 16.9 Å². The second-order valence-corrected chi connectivity index (χ2v) is 6.54. The van der Waals surface area contributed by atoms with Crippen LogP contribution < -0.4 is 4.72 Å². The molecule has 0 spiro atoms. The van der Waals surface area contributed by atoms with Crippen molar-refractivity contribution in [2.24, 2.45) is 0 Å². The number of hydrogen-bond acceptors (Lipinski definition) is 4. The third-order valence-electron chi connectivity index (χ3n) is 2.60. The first kappa shape index (κ1) is 15.6. The van der Waals surface area contributed by atoms with Gasteiger partial charge in [0.2, 0.25) is 0 Å². The van der Waals surface area contributed by atoms with Crippen molar-refractivity contribution < 1.29 is 18.3 Å². The van der Waals surface area contributed by atoms with Gasteiger partial charge in [0, 0.05) is 5.02 Å². The predicted octanol–water partition coefficient (Wildman–Crippen LogP) is 2.52. The van der Waals surface area contributed by atoms with E-state index >= 15 is 0 Å². The quantitative estimate of drug-likeness (QED) is 0.784. The Labute approximate surface area is 129 Å². The van der Waals surface area contributed by atoms with Crippen molar-refractivity contribution in [3.05, 3.63) is 39.5 Å². The zero-order valence-electron chi connectivity index (χ0n) is 10.5. The number of anilines is 1.